The van der Waals surface area contributed by atoms with Crippen LogP contribution in [0.2, 0.25) is 0 Å². The Hall–Kier alpha value is -1.13. The molecule has 0 aliphatic carbocycles. The lowest BCUT2D eigenvalue weighted by molar-refractivity contribution is 0.0170. The van der Waals surface area contributed by atoms with Crippen LogP contribution in [-0.4, -0.2) is 42.4 Å². The summed E-state index contributed by atoms with van der Waals surface area (Å²) in [6, 6.07) is 0. The van der Waals surface area contributed by atoms with Crippen LogP contribution in [0.5, 0.6) is 0 Å². The van der Waals surface area contributed by atoms with Gasteiger partial charge in [0.25, 0.3) is 15.9 Å². The summed E-state index contributed by atoms with van der Waals surface area (Å²) in [7, 11) is -2.70. The Morgan fingerprint density at radius 2 is 2.25 bits per heavy atom. The summed E-state index contributed by atoms with van der Waals surface area (Å²) in [5.41, 5.74) is 4.77. The first kappa shape index (κ1) is 12.9. The quantitative estimate of drug-likeness (QED) is 0.679. The molecule has 0 amide bonds. The number of nitrogens with two attached hydrogens (primary N) is 1. The summed E-state index contributed by atoms with van der Waals surface area (Å²) >= 11 is 0. The van der Waals surface area contributed by atoms with E-state index in [-0.39, 0.29) is 5.03 Å². The van der Waals surface area contributed by atoms with Crippen molar-refractivity contribution in [1.29, 1.82) is 0 Å². The van der Waals surface area contributed by atoms with Crippen molar-refractivity contribution in [2.45, 2.75) is 10.9 Å². The lowest BCUT2D eigenvalue weighted by atomic mass is 10.3. The Morgan fingerprint density at radius 1 is 1.62 bits per heavy atom. The number of nitrogens with one attached hydrogen (secondary N) is 1. The average molecular weight is 255 g/mol. The second kappa shape index (κ2) is 4.39. The highest BCUT2D eigenvalue weighted by molar-refractivity contribution is 7.89. The van der Waals surface area contributed by atoms with Crippen molar-refractivity contribution in [1.82, 2.24) is 19.7 Å². The second-order valence-corrected chi connectivity index (χ2v) is 4.79. The van der Waals surface area contributed by atoms with Crippen molar-refractivity contribution >= 4 is 10.0 Å². The van der Waals surface area contributed by atoms with Gasteiger partial charge in [-0.1, -0.05) is 5.21 Å². The van der Waals surface area contributed by atoms with Gasteiger partial charge < -0.3 is 5.73 Å². The minimum Gasteiger partial charge on any atom is -0.325 e. The highest BCUT2D eigenvalue weighted by Gasteiger charge is 2.30. The van der Waals surface area contributed by atoms with E-state index in [0.29, 0.717) is 0 Å². The second-order valence-electron chi connectivity index (χ2n) is 3.08. The Labute approximate surface area is 90.7 Å². The molecule has 0 saturated heterocycles. The molecule has 3 N–H and O–H groups in total. The number of aryl methyl sites for hydroxylation is 1. The van der Waals surface area contributed by atoms with Crippen LogP contribution in [-0.2, 0) is 17.1 Å². The summed E-state index contributed by atoms with van der Waals surface area (Å²) in [4.78, 5) is 0. The van der Waals surface area contributed by atoms with Crippen LogP contribution in [0, 0.1) is 0 Å². The van der Waals surface area contributed by atoms with Crippen molar-refractivity contribution in [3.05, 3.63) is 6.20 Å². The molecule has 0 unspecified atom stereocenters. The van der Waals surface area contributed by atoms with Gasteiger partial charge in [0, 0.05) is 7.05 Å². The first-order chi connectivity index (χ1) is 7.28. The van der Waals surface area contributed by atoms with Gasteiger partial charge in [0.1, 0.15) is 0 Å². The maximum atomic E-state index is 12.7. The average Bonchev–Trinajstić information content (AvgIpc) is 2.63. The van der Waals surface area contributed by atoms with E-state index in [1.54, 1.807) is 4.72 Å². The van der Waals surface area contributed by atoms with Gasteiger partial charge in [-0.3, -0.25) is 0 Å². The highest BCUT2D eigenvalue weighted by Crippen LogP contribution is 2.11. The molecule has 0 saturated carbocycles. The topological polar surface area (TPSA) is 103 Å². The predicted molar refractivity (Wildman–Crippen MR) is 50.2 cm³/mol. The number of hydrogen-bond donors (Lipinski definition) is 2. The van der Waals surface area contributed by atoms with E-state index in [2.05, 4.69) is 10.3 Å². The third-order valence-corrected chi connectivity index (χ3v) is 3.21. The molecular weight excluding hydrogens is 244 g/mol. The molecule has 92 valence electrons. The van der Waals surface area contributed by atoms with Crippen LogP contribution in [0.4, 0.5) is 8.78 Å². The van der Waals surface area contributed by atoms with Crippen LogP contribution >= 0.6 is 0 Å². The molecule has 1 aromatic heterocycles. The molecular formula is C6H11F2N5O2S. The fourth-order valence-electron chi connectivity index (χ4n) is 0.870. The minimum absolute atomic E-state index is 0.291. The molecule has 0 bridgehead atoms. The first-order valence-electron chi connectivity index (χ1n) is 4.21. The molecule has 1 aromatic rings. The molecule has 0 spiro atoms. The summed E-state index contributed by atoms with van der Waals surface area (Å²) < 4.78 is 51.1. The van der Waals surface area contributed by atoms with Gasteiger partial charge in [-0.2, -0.15) is 0 Å². The Balaban J connectivity index is 2.79. The molecule has 10 heteroatoms. The summed E-state index contributed by atoms with van der Waals surface area (Å²) in [5, 5.41) is 6.43. The zero-order valence-electron chi connectivity index (χ0n) is 8.39. The number of halogens is 2. The maximum Gasteiger partial charge on any atom is 0.273 e. The van der Waals surface area contributed by atoms with Crippen LogP contribution in [0.1, 0.15) is 0 Å². The molecule has 1 heterocycles. The molecule has 0 aliphatic rings. The van der Waals surface area contributed by atoms with E-state index in [4.69, 9.17) is 5.73 Å². The highest BCUT2D eigenvalue weighted by atomic mass is 32.2. The summed E-state index contributed by atoms with van der Waals surface area (Å²) in [5.74, 6) is -3.28. The fourth-order valence-corrected chi connectivity index (χ4v) is 1.99. The number of hydrogen-bond acceptors (Lipinski definition) is 5. The van der Waals surface area contributed by atoms with Crippen molar-refractivity contribution in [3.63, 3.8) is 0 Å². The smallest absolute Gasteiger partial charge is 0.273 e. The number of rotatable bonds is 5. The van der Waals surface area contributed by atoms with Gasteiger partial charge in [0.15, 0.2) is 5.03 Å². The standard InChI is InChI=1S/C6H11F2N5O2S/c1-13-5(2-10-12-13)16(14,15)11-4-6(7,8)3-9/h2,11H,3-4,9H2,1H3. The molecule has 0 radical (unpaired) electrons. The van der Waals surface area contributed by atoms with Crippen LogP contribution in [0.15, 0.2) is 11.2 Å². The van der Waals surface area contributed by atoms with Crippen molar-refractivity contribution in [2.24, 2.45) is 12.8 Å². The van der Waals surface area contributed by atoms with Crippen molar-refractivity contribution in [2.75, 3.05) is 13.1 Å². The monoisotopic (exact) mass is 255 g/mol. The number of alkyl halides is 2. The van der Waals surface area contributed by atoms with Crippen LogP contribution in [0.25, 0.3) is 0 Å². The van der Waals surface area contributed by atoms with E-state index >= 15 is 0 Å². The van der Waals surface area contributed by atoms with E-state index in [0.717, 1.165) is 10.9 Å². The van der Waals surface area contributed by atoms with E-state index in [1.165, 1.54) is 7.05 Å². The molecule has 7 nitrogen and oxygen atoms in total. The van der Waals surface area contributed by atoms with Gasteiger partial charge >= 0.3 is 0 Å². The zero-order chi connectivity index (χ0) is 12.4. The van der Waals surface area contributed by atoms with Crippen molar-refractivity contribution < 1.29 is 17.2 Å². The molecule has 0 aromatic carbocycles. The maximum absolute atomic E-state index is 12.7. The van der Waals surface area contributed by atoms with Crippen LogP contribution < -0.4 is 10.5 Å². The Morgan fingerprint density at radius 3 is 2.69 bits per heavy atom. The molecule has 1 rings (SSSR count). The lowest BCUT2D eigenvalue weighted by Crippen LogP contribution is -2.41. The number of sulfonamides is 1. The third kappa shape index (κ3) is 2.93. The van der Waals surface area contributed by atoms with E-state index < -0.39 is 29.0 Å². The van der Waals surface area contributed by atoms with Gasteiger partial charge in [-0.25, -0.2) is 26.6 Å². The van der Waals surface area contributed by atoms with E-state index in [9.17, 15) is 17.2 Å². The normalized spacial score (nSPS) is 13.0. The third-order valence-electron chi connectivity index (χ3n) is 1.77. The largest absolute Gasteiger partial charge is 0.325 e. The lowest BCUT2D eigenvalue weighted by Gasteiger charge is -2.14. The van der Waals surface area contributed by atoms with Gasteiger partial charge in [-0.05, 0) is 0 Å². The van der Waals surface area contributed by atoms with E-state index in [1.807, 2.05) is 0 Å². The minimum atomic E-state index is -4.04. The van der Waals surface area contributed by atoms with Gasteiger partial charge in [0.2, 0.25) is 0 Å². The van der Waals surface area contributed by atoms with Crippen molar-refractivity contribution in [3.8, 4) is 0 Å². The molecule has 0 aliphatic heterocycles. The molecule has 16 heavy (non-hydrogen) atoms. The van der Waals surface area contributed by atoms with Gasteiger partial charge in [0.05, 0.1) is 19.3 Å². The van der Waals surface area contributed by atoms with Gasteiger partial charge in [-0.15, -0.1) is 5.10 Å². The van der Waals surface area contributed by atoms with Crippen LogP contribution in [0.3, 0.4) is 0 Å². The summed E-state index contributed by atoms with van der Waals surface area (Å²) in [6.07, 6.45) is 0.961. The number of aromatic nitrogens is 3. The SMILES string of the molecule is Cn1nncc1S(=O)(=O)NCC(F)(F)CN. The fraction of sp³-hybridized carbons (Fsp3) is 0.667. The number of nitrogens with zero attached hydrogens (tertiary/aromatic N) is 3. The first-order valence-corrected chi connectivity index (χ1v) is 5.69. The Bertz CT molecular complexity index is 457. The Kier molecular flexibility index (Phi) is 3.55. The summed E-state index contributed by atoms with van der Waals surface area (Å²) in [6.45, 7) is -1.99. The molecule has 0 fully saturated rings. The molecule has 0 atom stereocenters. The predicted octanol–water partition coefficient (Wildman–Crippen LogP) is -1.31. The zero-order valence-corrected chi connectivity index (χ0v) is 9.21.